The molecule has 0 aliphatic carbocycles. The smallest absolute Gasteiger partial charge is 0.387 e. The quantitative estimate of drug-likeness (QED) is 0.775. The molecule has 4 nitrogen and oxygen atoms in total. The first kappa shape index (κ1) is 15.4. The van der Waals surface area contributed by atoms with Crippen LogP contribution in [0.15, 0.2) is 24.3 Å². The Morgan fingerprint density at radius 1 is 1.32 bits per heavy atom. The highest BCUT2D eigenvalue weighted by molar-refractivity contribution is 5.71. The largest absolute Gasteiger partial charge is 0.465 e. The van der Waals surface area contributed by atoms with Crippen LogP contribution in [0.2, 0.25) is 0 Å². The highest BCUT2D eigenvalue weighted by atomic mass is 19.3. The van der Waals surface area contributed by atoms with Crippen molar-refractivity contribution in [2.45, 2.75) is 26.5 Å². The molecule has 1 aromatic rings. The molecule has 0 heterocycles. The van der Waals surface area contributed by atoms with E-state index >= 15 is 0 Å². The molecule has 0 fully saturated rings. The Balaban J connectivity index is 2.48. The van der Waals surface area contributed by atoms with Gasteiger partial charge in [-0.25, -0.2) is 0 Å². The molecule has 1 N–H and O–H groups in total. The first-order chi connectivity index (χ1) is 9.02. The summed E-state index contributed by atoms with van der Waals surface area (Å²) in [5.41, 5.74) is 0.867. The van der Waals surface area contributed by atoms with Gasteiger partial charge in [0.05, 0.1) is 13.2 Å². The molecule has 106 valence electrons. The third kappa shape index (κ3) is 5.65. The minimum atomic E-state index is -2.83. The molecular weight excluding hydrogens is 256 g/mol. The first-order valence-corrected chi connectivity index (χ1v) is 5.96. The van der Waals surface area contributed by atoms with E-state index in [2.05, 4.69) is 10.1 Å². The maximum atomic E-state index is 12.0. The van der Waals surface area contributed by atoms with Crippen molar-refractivity contribution in [1.82, 2.24) is 5.32 Å². The van der Waals surface area contributed by atoms with Crippen molar-refractivity contribution >= 4 is 5.97 Å². The number of halogens is 2. The molecule has 1 aromatic carbocycles. The topological polar surface area (TPSA) is 47.6 Å². The number of esters is 1. The van der Waals surface area contributed by atoms with E-state index in [1.54, 1.807) is 19.1 Å². The molecule has 0 saturated carbocycles. The Morgan fingerprint density at radius 2 is 1.95 bits per heavy atom. The Labute approximate surface area is 110 Å². The van der Waals surface area contributed by atoms with Crippen LogP contribution < -0.4 is 10.1 Å². The molecule has 0 spiro atoms. The highest BCUT2D eigenvalue weighted by Crippen LogP contribution is 2.18. The maximum Gasteiger partial charge on any atom is 0.387 e. The van der Waals surface area contributed by atoms with Gasteiger partial charge in [0.1, 0.15) is 5.75 Å². The van der Waals surface area contributed by atoms with Crippen LogP contribution >= 0.6 is 0 Å². The van der Waals surface area contributed by atoms with Gasteiger partial charge >= 0.3 is 12.6 Å². The van der Waals surface area contributed by atoms with Gasteiger partial charge in [-0.2, -0.15) is 8.78 Å². The third-order valence-electron chi connectivity index (χ3n) is 2.46. The third-order valence-corrected chi connectivity index (χ3v) is 2.46. The predicted molar refractivity (Wildman–Crippen MR) is 66.1 cm³/mol. The van der Waals surface area contributed by atoms with Crippen molar-refractivity contribution in [1.29, 1.82) is 0 Å². The SMILES string of the molecule is CCOC(=O)CNC(C)c1ccc(OC(F)F)cc1. The fraction of sp³-hybridized carbons (Fsp3) is 0.462. The van der Waals surface area contributed by atoms with Crippen LogP contribution in [0.1, 0.15) is 25.5 Å². The fourth-order valence-corrected chi connectivity index (χ4v) is 1.50. The molecule has 0 saturated heterocycles. The number of rotatable bonds is 7. The summed E-state index contributed by atoms with van der Waals surface area (Å²) in [5.74, 6) is -0.219. The van der Waals surface area contributed by atoms with Crippen molar-refractivity contribution in [3.63, 3.8) is 0 Å². The van der Waals surface area contributed by atoms with E-state index in [4.69, 9.17) is 4.74 Å². The molecule has 0 aliphatic heterocycles. The van der Waals surface area contributed by atoms with Gasteiger partial charge in [0.15, 0.2) is 0 Å². The standard InChI is InChI=1S/C13H17F2NO3/c1-3-18-12(17)8-16-9(2)10-4-6-11(7-5-10)19-13(14)15/h4-7,9,13,16H,3,8H2,1-2H3. The molecule has 1 unspecified atom stereocenters. The summed E-state index contributed by atoms with van der Waals surface area (Å²) >= 11 is 0. The average molecular weight is 273 g/mol. The lowest BCUT2D eigenvalue weighted by Gasteiger charge is -2.14. The molecule has 0 amide bonds. The van der Waals surface area contributed by atoms with E-state index in [1.807, 2.05) is 6.92 Å². The van der Waals surface area contributed by atoms with Crippen LogP contribution in [0.4, 0.5) is 8.78 Å². The van der Waals surface area contributed by atoms with E-state index in [9.17, 15) is 13.6 Å². The van der Waals surface area contributed by atoms with Gasteiger partial charge in [-0.05, 0) is 31.5 Å². The minimum Gasteiger partial charge on any atom is -0.465 e. The van der Waals surface area contributed by atoms with Gasteiger partial charge in [-0.15, -0.1) is 0 Å². The Morgan fingerprint density at radius 3 is 2.47 bits per heavy atom. The van der Waals surface area contributed by atoms with E-state index in [-0.39, 0.29) is 24.3 Å². The molecule has 1 atom stereocenters. The number of hydrogen-bond acceptors (Lipinski definition) is 4. The molecule has 6 heteroatoms. The second-order valence-electron chi connectivity index (χ2n) is 3.86. The summed E-state index contributed by atoms with van der Waals surface area (Å²) < 4.78 is 33.0. The zero-order chi connectivity index (χ0) is 14.3. The van der Waals surface area contributed by atoms with Crippen molar-refractivity contribution in [2.24, 2.45) is 0 Å². The van der Waals surface area contributed by atoms with Gasteiger partial charge < -0.3 is 14.8 Å². The molecule has 0 aliphatic rings. The zero-order valence-electron chi connectivity index (χ0n) is 10.9. The Hall–Kier alpha value is -1.69. The summed E-state index contributed by atoms with van der Waals surface area (Å²) in [6.07, 6.45) is 0. The number of nitrogens with one attached hydrogen (secondary N) is 1. The Kier molecular flexibility index (Phi) is 6.21. The highest BCUT2D eigenvalue weighted by Gasteiger charge is 2.09. The number of hydrogen-bond donors (Lipinski definition) is 1. The fourth-order valence-electron chi connectivity index (χ4n) is 1.50. The van der Waals surface area contributed by atoms with Gasteiger partial charge in [0.25, 0.3) is 0 Å². The summed E-state index contributed by atoms with van der Waals surface area (Å²) in [6.45, 7) is 1.22. The van der Waals surface area contributed by atoms with E-state index in [0.717, 1.165) is 5.56 Å². The lowest BCUT2D eigenvalue weighted by Crippen LogP contribution is -2.27. The van der Waals surface area contributed by atoms with Crippen molar-refractivity contribution < 1.29 is 23.0 Å². The lowest BCUT2D eigenvalue weighted by molar-refractivity contribution is -0.142. The molecule has 1 rings (SSSR count). The monoisotopic (exact) mass is 273 g/mol. The van der Waals surface area contributed by atoms with E-state index in [1.165, 1.54) is 12.1 Å². The first-order valence-electron chi connectivity index (χ1n) is 5.96. The van der Waals surface area contributed by atoms with Gasteiger partial charge in [-0.3, -0.25) is 4.79 Å². The van der Waals surface area contributed by atoms with Crippen molar-refractivity contribution in [3.05, 3.63) is 29.8 Å². The summed E-state index contributed by atoms with van der Waals surface area (Å²) in [6, 6.07) is 6.17. The maximum absolute atomic E-state index is 12.0. The van der Waals surface area contributed by atoms with Crippen molar-refractivity contribution in [2.75, 3.05) is 13.2 Å². The molecule has 0 radical (unpaired) electrons. The number of carbonyl (C=O) groups is 1. The zero-order valence-corrected chi connectivity index (χ0v) is 10.9. The number of alkyl halides is 2. The van der Waals surface area contributed by atoms with Crippen LogP contribution in [-0.2, 0) is 9.53 Å². The number of benzene rings is 1. The lowest BCUT2D eigenvalue weighted by atomic mass is 10.1. The normalized spacial score (nSPS) is 12.3. The summed E-state index contributed by atoms with van der Waals surface area (Å²) in [4.78, 5) is 11.2. The van der Waals surface area contributed by atoms with Crippen LogP contribution in [0.25, 0.3) is 0 Å². The van der Waals surface area contributed by atoms with Crippen LogP contribution in [0.3, 0.4) is 0 Å². The average Bonchev–Trinajstić information content (AvgIpc) is 2.36. The van der Waals surface area contributed by atoms with Crippen LogP contribution in [0.5, 0.6) is 5.75 Å². The molecule has 0 aromatic heterocycles. The van der Waals surface area contributed by atoms with Crippen LogP contribution in [0, 0.1) is 0 Å². The van der Waals surface area contributed by atoms with Gasteiger partial charge in [0, 0.05) is 6.04 Å². The second-order valence-corrected chi connectivity index (χ2v) is 3.86. The van der Waals surface area contributed by atoms with E-state index in [0.29, 0.717) is 6.61 Å². The van der Waals surface area contributed by atoms with Gasteiger partial charge in [0.2, 0.25) is 0 Å². The second kappa shape index (κ2) is 7.68. The molecule has 0 bridgehead atoms. The van der Waals surface area contributed by atoms with Crippen molar-refractivity contribution in [3.8, 4) is 5.75 Å². The summed E-state index contributed by atoms with van der Waals surface area (Å²) in [7, 11) is 0. The Bertz CT molecular complexity index is 395. The number of carbonyl (C=O) groups excluding carboxylic acids is 1. The van der Waals surface area contributed by atoms with E-state index < -0.39 is 6.61 Å². The predicted octanol–water partition coefficient (Wildman–Crippen LogP) is 2.50. The van der Waals surface area contributed by atoms with Crippen LogP contribution in [-0.4, -0.2) is 25.7 Å². The molecule has 19 heavy (non-hydrogen) atoms. The number of ether oxygens (including phenoxy) is 2. The van der Waals surface area contributed by atoms with Gasteiger partial charge in [-0.1, -0.05) is 12.1 Å². The minimum absolute atomic E-state index is 0.0926. The molecular formula is C13H17F2NO3. The summed E-state index contributed by atoms with van der Waals surface area (Å²) in [5, 5.41) is 2.98.